The van der Waals surface area contributed by atoms with Gasteiger partial charge in [0, 0.05) is 43.9 Å². The fourth-order valence-corrected chi connectivity index (χ4v) is 3.76. The summed E-state index contributed by atoms with van der Waals surface area (Å²) in [7, 11) is 1.61. The van der Waals surface area contributed by atoms with E-state index in [9.17, 15) is 9.59 Å². The number of hydrogen-bond acceptors (Lipinski definition) is 5. The summed E-state index contributed by atoms with van der Waals surface area (Å²) in [4.78, 5) is 28.9. The maximum atomic E-state index is 12.7. The molecule has 1 fully saturated rings. The van der Waals surface area contributed by atoms with Crippen LogP contribution in [-0.2, 0) is 23.1 Å². The molecule has 9 heteroatoms. The molecular weight excluding hydrogens is 370 g/mol. The number of fused-ring (bicyclic) bond motifs is 1. The lowest BCUT2D eigenvalue weighted by molar-refractivity contribution is -0.135. The smallest absolute Gasteiger partial charge is 0.345 e. The molecule has 0 bridgehead atoms. The molecule has 0 radical (unpaired) electrons. The van der Waals surface area contributed by atoms with Crippen molar-refractivity contribution in [2.24, 2.45) is 7.05 Å². The summed E-state index contributed by atoms with van der Waals surface area (Å²) in [5.41, 5.74) is 0.946. The van der Waals surface area contributed by atoms with Gasteiger partial charge in [0.2, 0.25) is 5.91 Å². The molecule has 1 aromatic carbocycles. The lowest BCUT2D eigenvalue weighted by Gasteiger charge is -2.36. The zero-order chi connectivity index (χ0) is 19.0. The minimum absolute atomic E-state index is 0.0299. The van der Waals surface area contributed by atoms with Crippen molar-refractivity contribution >= 4 is 23.2 Å². The van der Waals surface area contributed by atoms with Gasteiger partial charge < -0.3 is 14.5 Å². The van der Waals surface area contributed by atoms with E-state index in [0.717, 1.165) is 18.8 Å². The molecule has 0 N–H and O–H groups in total. The van der Waals surface area contributed by atoms with E-state index >= 15 is 0 Å². The molecule has 27 heavy (non-hydrogen) atoms. The SMILES string of the molecule is Cn1nc2n(c1=O)CCOC2CC(=O)N1CCN(c2ccc(Cl)cc2)CC1. The highest BCUT2D eigenvalue weighted by atomic mass is 35.5. The molecule has 1 saturated heterocycles. The minimum Gasteiger partial charge on any atom is -0.368 e. The first-order valence-electron chi connectivity index (χ1n) is 9.06. The summed E-state index contributed by atoms with van der Waals surface area (Å²) in [6.45, 7) is 3.75. The fraction of sp³-hybridized carbons (Fsp3) is 0.500. The van der Waals surface area contributed by atoms with Gasteiger partial charge in [0.05, 0.1) is 19.6 Å². The Bertz CT molecular complexity index is 883. The van der Waals surface area contributed by atoms with Crippen molar-refractivity contribution in [3.63, 3.8) is 0 Å². The molecule has 0 saturated carbocycles. The van der Waals surface area contributed by atoms with Gasteiger partial charge in [-0.3, -0.25) is 9.36 Å². The van der Waals surface area contributed by atoms with Crippen molar-refractivity contribution in [2.75, 3.05) is 37.7 Å². The van der Waals surface area contributed by atoms with E-state index in [1.165, 1.54) is 4.68 Å². The molecule has 1 unspecified atom stereocenters. The number of carbonyl (C=O) groups is 1. The largest absolute Gasteiger partial charge is 0.368 e. The van der Waals surface area contributed by atoms with Crippen LogP contribution in [0.3, 0.4) is 0 Å². The molecule has 1 aromatic heterocycles. The average molecular weight is 392 g/mol. The topological polar surface area (TPSA) is 72.6 Å². The summed E-state index contributed by atoms with van der Waals surface area (Å²) in [6.07, 6.45) is -0.258. The Morgan fingerprint density at radius 2 is 1.89 bits per heavy atom. The second-order valence-corrected chi connectivity index (χ2v) is 7.26. The van der Waals surface area contributed by atoms with Crippen molar-refractivity contribution in [3.8, 4) is 0 Å². The van der Waals surface area contributed by atoms with E-state index in [-0.39, 0.29) is 18.0 Å². The molecule has 2 aromatic rings. The van der Waals surface area contributed by atoms with Crippen molar-refractivity contribution in [3.05, 3.63) is 45.6 Å². The summed E-state index contributed by atoms with van der Waals surface area (Å²) in [5.74, 6) is 0.573. The van der Waals surface area contributed by atoms with E-state index in [1.54, 1.807) is 11.6 Å². The second-order valence-electron chi connectivity index (χ2n) is 6.82. The van der Waals surface area contributed by atoms with Crippen molar-refractivity contribution in [2.45, 2.75) is 19.1 Å². The van der Waals surface area contributed by atoms with Crippen LogP contribution < -0.4 is 10.6 Å². The Morgan fingerprint density at radius 1 is 1.19 bits per heavy atom. The first kappa shape index (κ1) is 18.1. The molecule has 2 aliphatic rings. The number of benzene rings is 1. The number of aryl methyl sites for hydroxylation is 1. The number of carbonyl (C=O) groups excluding carboxylic acids is 1. The number of rotatable bonds is 3. The molecule has 0 aliphatic carbocycles. The van der Waals surface area contributed by atoms with Crippen LogP contribution in [0.1, 0.15) is 18.3 Å². The van der Waals surface area contributed by atoms with Crippen LogP contribution in [-0.4, -0.2) is 57.9 Å². The monoisotopic (exact) mass is 391 g/mol. The first-order valence-corrected chi connectivity index (χ1v) is 9.44. The molecule has 1 atom stereocenters. The van der Waals surface area contributed by atoms with E-state index in [2.05, 4.69) is 10.00 Å². The Balaban J connectivity index is 1.37. The first-order chi connectivity index (χ1) is 13.0. The molecule has 1 amide bonds. The molecule has 8 nitrogen and oxygen atoms in total. The van der Waals surface area contributed by atoms with Crippen molar-refractivity contribution in [1.82, 2.24) is 19.2 Å². The third-order valence-corrected chi connectivity index (χ3v) is 5.39. The van der Waals surface area contributed by atoms with Crippen molar-refractivity contribution in [1.29, 1.82) is 0 Å². The third kappa shape index (κ3) is 3.59. The van der Waals surface area contributed by atoms with Crippen LogP contribution >= 0.6 is 11.6 Å². The fourth-order valence-electron chi connectivity index (χ4n) is 3.64. The number of aromatic nitrogens is 3. The van der Waals surface area contributed by atoms with Gasteiger partial charge in [0.1, 0.15) is 6.10 Å². The lowest BCUT2D eigenvalue weighted by atomic mass is 10.1. The minimum atomic E-state index is -0.463. The molecule has 3 heterocycles. The third-order valence-electron chi connectivity index (χ3n) is 5.14. The molecule has 4 rings (SSSR count). The van der Waals surface area contributed by atoms with Gasteiger partial charge in [-0.25, -0.2) is 9.48 Å². The summed E-state index contributed by atoms with van der Waals surface area (Å²) in [6, 6.07) is 7.74. The van der Waals surface area contributed by atoms with Gasteiger partial charge in [0.25, 0.3) is 0 Å². The van der Waals surface area contributed by atoms with Gasteiger partial charge in [-0.15, -0.1) is 0 Å². The molecule has 0 spiro atoms. The predicted octanol–water partition coefficient (Wildman–Crippen LogP) is 1.05. The maximum Gasteiger partial charge on any atom is 0.345 e. The number of anilines is 1. The normalized spacial score (nSPS) is 19.9. The van der Waals surface area contributed by atoms with Gasteiger partial charge >= 0.3 is 5.69 Å². The molecular formula is C18H22ClN5O3. The van der Waals surface area contributed by atoms with E-state index in [1.807, 2.05) is 29.2 Å². The number of amides is 1. The maximum absolute atomic E-state index is 12.7. The summed E-state index contributed by atoms with van der Waals surface area (Å²) < 4.78 is 8.63. The predicted molar refractivity (Wildman–Crippen MR) is 101 cm³/mol. The van der Waals surface area contributed by atoms with Crippen LogP contribution in [0.5, 0.6) is 0 Å². The zero-order valence-corrected chi connectivity index (χ0v) is 15.9. The molecule has 144 valence electrons. The summed E-state index contributed by atoms with van der Waals surface area (Å²) in [5, 5.41) is 4.96. The van der Waals surface area contributed by atoms with Crippen LogP contribution in [0.4, 0.5) is 5.69 Å². The van der Waals surface area contributed by atoms with Crippen LogP contribution in [0.2, 0.25) is 5.02 Å². The van der Waals surface area contributed by atoms with Crippen molar-refractivity contribution < 1.29 is 9.53 Å². The second kappa shape index (κ2) is 7.36. The Hall–Kier alpha value is -2.32. The highest BCUT2D eigenvalue weighted by Crippen LogP contribution is 2.24. The van der Waals surface area contributed by atoms with E-state index in [4.69, 9.17) is 16.3 Å². The zero-order valence-electron chi connectivity index (χ0n) is 15.2. The standard InChI is InChI=1S/C18H22ClN5O3/c1-21-18(26)24-10-11-27-15(17(24)20-21)12-16(25)23-8-6-22(7-9-23)14-4-2-13(19)3-5-14/h2-5,15H,6-12H2,1H3. The Labute approximate surface area is 161 Å². The highest BCUT2D eigenvalue weighted by Gasteiger charge is 2.30. The number of ether oxygens (including phenoxy) is 1. The average Bonchev–Trinajstić information content (AvgIpc) is 2.98. The van der Waals surface area contributed by atoms with Gasteiger partial charge in [-0.05, 0) is 24.3 Å². The Kier molecular flexibility index (Phi) is 4.92. The highest BCUT2D eigenvalue weighted by molar-refractivity contribution is 6.30. The van der Waals surface area contributed by atoms with Crippen LogP contribution in [0.15, 0.2) is 29.1 Å². The molecule has 2 aliphatic heterocycles. The number of hydrogen-bond donors (Lipinski definition) is 0. The lowest BCUT2D eigenvalue weighted by Crippen LogP contribution is -2.49. The van der Waals surface area contributed by atoms with Gasteiger partial charge in [-0.1, -0.05) is 11.6 Å². The van der Waals surface area contributed by atoms with Gasteiger partial charge in [0.15, 0.2) is 5.82 Å². The number of halogens is 1. The van der Waals surface area contributed by atoms with Gasteiger partial charge in [-0.2, -0.15) is 5.10 Å². The number of nitrogens with zero attached hydrogens (tertiary/aromatic N) is 5. The Morgan fingerprint density at radius 3 is 2.59 bits per heavy atom. The van der Waals surface area contributed by atoms with Crippen LogP contribution in [0.25, 0.3) is 0 Å². The van der Waals surface area contributed by atoms with E-state index < -0.39 is 6.10 Å². The van der Waals surface area contributed by atoms with E-state index in [0.29, 0.717) is 37.1 Å². The quantitative estimate of drug-likeness (QED) is 0.781. The number of piperazine rings is 1. The summed E-state index contributed by atoms with van der Waals surface area (Å²) >= 11 is 5.94. The van der Waals surface area contributed by atoms with Crippen LogP contribution in [0, 0.1) is 0 Å².